The predicted molar refractivity (Wildman–Crippen MR) is 105 cm³/mol. The molecule has 0 N–H and O–H groups in total. The van der Waals surface area contributed by atoms with E-state index in [0.29, 0.717) is 43.2 Å². The number of ether oxygens (including phenoxy) is 2. The van der Waals surface area contributed by atoms with Gasteiger partial charge in [0.05, 0.1) is 14.2 Å². The van der Waals surface area contributed by atoms with E-state index in [1.54, 1.807) is 59.6 Å². The lowest BCUT2D eigenvalue weighted by Gasteiger charge is -2.34. The van der Waals surface area contributed by atoms with Gasteiger partial charge in [0.2, 0.25) is 5.91 Å². The fourth-order valence-corrected chi connectivity index (χ4v) is 3.54. The summed E-state index contributed by atoms with van der Waals surface area (Å²) < 4.78 is 10.5. The molecule has 1 aliphatic rings. The number of hydrogen-bond donors (Lipinski definition) is 0. The van der Waals surface area contributed by atoms with Gasteiger partial charge in [0, 0.05) is 42.7 Å². The van der Waals surface area contributed by atoms with E-state index in [2.05, 4.69) is 0 Å². The number of benzene rings is 1. The topological polar surface area (TPSA) is 59.1 Å². The molecule has 0 atom stereocenters. The quantitative estimate of drug-likeness (QED) is 0.742. The molecule has 7 heteroatoms. The second-order valence-corrected chi connectivity index (χ2v) is 7.02. The SMILES string of the molecule is COc1ccc(C(=O)N2CCN(C(=O)/C=C/c3cccs3)CC2)cc1OC. The summed E-state index contributed by atoms with van der Waals surface area (Å²) in [6, 6.07) is 9.05. The van der Waals surface area contributed by atoms with Crippen LogP contribution < -0.4 is 9.47 Å². The molecule has 2 aromatic rings. The minimum Gasteiger partial charge on any atom is -0.493 e. The number of methoxy groups -OCH3 is 2. The van der Waals surface area contributed by atoms with E-state index in [4.69, 9.17) is 9.47 Å². The van der Waals surface area contributed by atoms with Gasteiger partial charge in [-0.2, -0.15) is 0 Å². The summed E-state index contributed by atoms with van der Waals surface area (Å²) >= 11 is 1.59. The van der Waals surface area contributed by atoms with Crippen LogP contribution >= 0.6 is 11.3 Å². The van der Waals surface area contributed by atoms with Crippen LogP contribution in [0.1, 0.15) is 15.2 Å². The summed E-state index contributed by atoms with van der Waals surface area (Å²) in [6.07, 6.45) is 3.42. The number of carbonyl (C=O) groups excluding carboxylic acids is 2. The highest BCUT2D eigenvalue weighted by Crippen LogP contribution is 2.28. The van der Waals surface area contributed by atoms with E-state index in [1.807, 2.05) is 23.6 Å². The summed E-state index contributed by atoms with van der Waals surface area (Å²) in [5.41, 5.74) is 0.546. The molecule has 3 rings (SSSR count). The molecule has 1 saturated heterocycles. The fourth-order valence-electron chi connectivity index (χ4n) is 2.93. The molecule has 0 saturated carbocycles. The molecule has 1 aliphatic heterocycles. The number of hydrogen-bond acceptors (Lipinski definition) is 5. The number of piperazine rings is 1. The summed E-state index contributed by atoms with van der Waals surface area (Å²) in [7, 11) is 3.10. The van der Waals surface area contributed by atoms with E-state index in [9.17, 15) is 9.59 Å². The molecule has 27 heavy (non-hydrogen) atoms. The first-order valence-electron chi connectivity index (χ1n) is 8.64. The molecule has 0 aliphatic carbocycles. The van der Waals surface area contributed by atoms with Crippen molar-refractivity contribution < 1.29 is 19.1 Å². The van der Waals surface area contributed by atoms with Gasteiger partial charge in [-0.3, -0.25) is 9.59 Å². The molecule has 0 spiro atoms. The van der Waals surface area contributed by atoms with Gasteiger partial charge in [-0.05, 0) is 35.7 Å². The number of amides is 2. The fraction of sp³-hybridized carbons (Fsp3) is 0.300. The van der Waals surface area contributed by atoms with Crippen molar-refractivity contribution in [3.8, 4) is 11.5 Å². The minimum absolute atomic E-state index is 0.0263. The van der Waals surface area contributed by atoms with Crippen LogP contribution in [0.4, 0.5) is 0 Å². The van der Waals surface area contributed by atoms with Gasteiger partial charge in [0.15, 0.2) is 11.5 Å². The molecule has 2 heterocycles. The molecular formula is C20H22N2O4S. The molecule has 142 valence electrons. The summed E-state index contributed by atoms with van der Waals surface area (Å²) in [5, 5.41) is 1.97. The summed E-state index contributed by atoms with van der Waals surface area (Å²) in [6.45, 7) is 2.05. The highest BCUT2D eigenvalue weighted by molar-refractivity contribution is 7.10. The van der Waals surface area contributed by atoms with Crippen molar-refractivity contribution in [2.24, 2.45) is 0 Å². The molecule has 1 fully saturated rings. The first kappa shape index (κ1) is 19.0. The first-order chi connectivity index (χ1) is 13.1. The smallest absolute Gasteiger partial charge is 0.254 e. The number of nitrogens with zero attached hydrogens (tertiary/aromatic N) is 2. The Bertz CT molecular complexity index is 825. The zero-order chi connectivity index (χ0) is 19.2. The predicted octanol–water partition coefficient (Wildman–Crippen LogP) is 2.76. The maximum Gasteiger partial charge on any atom is 0.254 e. The highest BCUT2D eigenvalue weighted by Gasteiger charge is 2.24. The maximum absolute atomic E-state index is 12.7. The molecule has 6 nitrogen and oxygen atoms in total. The average Bonchev–Trinajstić information content (AvgIpc) is 3.24. The Balaban J connectivity index is 1.58. The number of rotatable bonds is 5. The standard InChI is InChI=1S/C20H22N2O4S/c1-25-17-7-5-15(14-18(17)26-2)20(24)22-11-9-21(10-12-22)19(23)8-6-16-4-3-13-27-16/h3-8,13-14H,9-12H2,1-2H3/b8-6+. The zero-order valence-electron chi connectivity index (χ0n) is 15.4. The van der Waals surface area contributed by atoms with Crippen LogP contribution in [0.5, 0.6) is 11.5 Å². The zero-order valence-corrected chi connectivity index (χ0v) is 16.2. The molecule has 0 unspecified atom stereocenters. The average molecular weight is 386 g/mol. The van der Waals surface area contributed by atoms with Gasteiger partial charge in [-0.15, -0.1) is 11.3 Å². The van der Waals surface area contributed by atoms with Crippen molar-refractivity contribution in [1.29, 1.82) is 0 Å². The van der Waals surface area contributed by atoms with E-state index < -0.39 is 0 Å². The summed E-state index contributed by atoms with van der Waals surface area (Å²) in [4.78, 5) is 29.6. The van der Waals surface area contributed by atoms with Gasteiger partial charge in [0.25, 0.3) is 5.91 Å². The Morgan fingerprint density at radius 3 is 2.33 bits per heavy atom. The van der Waals surface area contributed by atoms with Crippen LogP contribution in [0.25, 0.3) is 6.08 Å². The number of thiophene rings is 1. The Labute approximate surface area is 162 Å². The van der Waals surface area contributed by atoms with Crippen LogP contribution in [-0.2, 0) is 4.79 Å². The lowest BCUT2D eigenvalue weighted by atomic mass is 10.1. The Morgan fingerprint density at radius 1 is 1.00 bits per heavy atom. The third-order valence-electron chi connectivity index (χ3n) is 4.44. The first-order valence-corrected chi connectivity index (χ1v) is 9.52. The van der Waals surface area contributed by atoms with Gasteiger partial charge < -0.3 is 19.3 Å². The van der Waals surface area contributed by atoms with E-state index >= 15 is 0 Å². The van der Waals surface area contributed by atoms with Crippen LogP contribution in [0.3, 0.4) is 0 Å². The van der Waals surface area contributed by atoms with Crippen molar-refractivity contribution in [3.63, 3.8) is 0 Å². The van der Waals surface area contributed by atoms with Crippen molar-refractivity contribution >= 4 is 29.2 Å². The Morgan fingerprint density at radius 2 is 1.70 bits per heavy atom. The third kappa shape index (κ3) is 4.49. The maximum atomic E-state index is 12.7. The van der Waals surface area contributed by atoms with Gasteiger partial charge in [0.1, 0.15) is 0 Å². The van der Waals surface area contributed by atoms with Gasteiger partial charge in [-0.1, -0.05) is 6.07 Å². The normalized spacial score (nSPS) is 14.4. The number of carbonyl (C=O) groups is 2. The summed E-state index contributed by atoms with van der Waals surface area (Å²) in [5.74, 6) is 1.01. The lowest BCUT2D eigenvalue weighted by molar-refractivity contribution is -0.127. The largest absolute Gasteiger partial charge is 0.493 e. The lowest BCUT2D eigenvalue weighted by Crippen LogP contribution is -2.50. The monoisotopic (exact) mass is 386 g/mol. The van der Waals surface area contributed by atoms with Crippen LogP contribution in [0.15, 0.2) is 41.8 Å². The highest BCUT2D eigenvalue weighted by atomic mass is 32.1. The van der Waals surface area contributed by atoms with E-state index in [1.165, 1.54) is 0 Å². The molecule has 1 aromatic carbocycles. The van der Waals surface area contributed by atoms with Crippen LogP contribution in [0.2, 0.25) is 0 Å². The Hall–Kier alpha value is -2.80. The second-order valence-electron chi connectivity index (χ2n) is 6.04. The van der Waals surface area contributed by atoms with Gasteiger partial charge in [-0.25, -0.2) is 0 Å². The van der Waals surface area contributed by atoms with E-state index in [0.717, 1.165) is 4.88 Å². The van der Waals surface area contributed by atoms with Crippen molar-refractivity contribution in [3.05, 3.63) is 52.2 Å². The molecule has 2 amide bonds. The van der Waals surface area contributed by atoms with Crippen molar-refractivity contribution in [2.75, 3.05) is 40.4 Å². The molecular weight excluding hydrogens is 364 g/mol. The van der Waals surface area contributed by atoms with E-state index in [-0.39, 0.29) is 11.8 Å². The Kier molecular flexibility index (Phi) is 6.13. The molecule has 1 aromatic heterocycles. The minimum atomic E-state index is -0.0721. The van der Waals surface area contributed by atoms with Crippen molar-refractivity contribution in [1.82, 2.24) is 9.80 Å². The van der Waals surface area contributed by atoms with Crippen LogP contribution in [0, 0.1) is 0 Å². The van der Waals surface area contributed by atoms with Crippen molar-refractivity contribution in [2.45, 2.75) is 0 Å². The second kappa shape index (κ2) is 8.73. The third-order valence-corrected chi connectivity index (χ3v) is 5.28. The molecule has 0 radical (unpaired) electrons. The van der Waals surface area contributed by atoms with Gasteiger partial charge >= 0.3 is 0 Å². The molecule has 0 bridgehead atoms. The van der Waals surface area contributed by atoms with Crippen LogP contribution in [-0.4, -0.2) is 62.0 Å².